The molecule has 9 rings (SSSR count). The molecule has 0 bridgehead atoms. The predicted octanol–water partition coefficient (Wildman–Crippen LogP) is 11.5. The van der Waals surface area contributed by atoms with Crippen LogP contribution in [0.2, 0.25) is 0 Å². The van der Waals surface area contributed by atoms with Crippen LogP contribution >= 0.6 is 0 Å². The molecule has 0 aliphatic heterocycles. The average molecular weight is 523 g/mol. The van der Waals surface area contributed by atoms with Gasteiger partial charge in [0.1, 0.15) is 5.82 Å². The first-order chi connectivity index (χ1) is 20.2. The summed E-state index contributed by atoms with van der Waals surface area (Å²) in [5.74, 6) is -0.206. The number of benzene rings is 9. The Balaban J connectivity index is 1.38. The number of rotatable bonds is 2. The molecule has 0 aliphatic carbocycles. The number of hydrogen-bond acceptors (Lipinski definition) is 0. The minimum absolute atomic E-state index is 0.206. The minimum Gasteiger partial charge on any atom is -0.207 e. The molecule has 0 radical (unpaired) electrons. The first-order valence-electron chi connectivity index (χ1n) is 14.0. The van der Waals surface area contributed by atoms with Crippen LogP contribution < -0.4 is 0 Å². The summed E-state index contributed by atoms with van der Waals surface area (Å²) in [6.07, 6.45) is 0. The summed E-state index contributed by atoms with van der Waals surface area (Å²) in [5.41, 5.74) is 4.89. The molecule has 0 N–H and O–H groups in total. The molecule has 1 heteroatoms. The fourth-order valence-corrected chi connectivity index (χ4v) is 6.96. The van der Waals surface area contributed by atoms with Gasteiger partial charge in [-0.3, -0.25) is 0 Å². The fraction of sp³-hybridized carbons (Fsp3) is 0. The monoisotopic (exact) mass is 522 g/mol. The topological polar surface area (TPSA) is 0 Å². The molecule has 0 aliphatic rings. The molecule has 9 aromatic rings. The van der Waals surface area contributed by atoms with Gasteiger partial charge in [0.25, 0.3) is 0 Å². The maximum Gasteiger partial charge on any atom is 0.123 e. The van der Waals surface area contributed by atoms with Crippen LogP contribution in [0.1, 0.15) is 0 Å². The Bertz CT molecular complexity index is 2430. The van der Waals surface area contributed by atoms with Crippen molar-refractivity contribution in [3.8, 4) is 22.3 Å². The molecule has 41 heavy (non-hydrogen) atoms. The highest BCUT2D eigenvalue weighted by Gasteiger charge is 2.17. The lowest BCUT2D eigenvalue weighted by Gasteiger charge is -2.18. The van der Waals surface area contributed by atoms with E-state index in [1.165, 1.54) is 76.6 Å². The second kappa shape index (κ2) is 8.36. The van der Waals surface area contributed by atoms with E-state index in [4.69, 9.17) is 0 Å². The largest absolute Gasteiger partial charge is 0.207 e. The van der Waals surface area contributed by atoms with Crippen LogP contribution in [-0.2, 0) is 0 Å². The number of fused-ring (bicyclic) bond motifs is 3. The summed E-state index contributed by atoms with van der Waals surface area (Å²) < 4.78 is 13.8. The summed E-state index contributed by atoms with van der Waals surface area (Å²) in [4.78, 5) is 0. The zero-order valence-corrected chi connectivity index (χ0v) is 22.2. The van der Waals surface area contributed by atoms with E-state index in [2.05, 4.69) is 115 Å². The lowest BCUT2D eigenvalue weighted by Crippen LogP contribution is -1.91. The summed E-state index contributed by atoms with van der Waals surface area (Å²) in [6.45, 7) is 0. The van der Waals surface area contributed by atoms with E-state index in [0.717, 1.165) is 16.3 Å². The van der Waals surface area contributed by atoms with E-state index < -0.39 is 0 Å². The summed E-state index contributed by atoms with van der Waals surface area (Å²) in [6, 6.07) is 49.2. The van der Waals surface area contributed by atoms with Gasteiger partial charge < -0.3 is 0 Å². The second-order valence-electron chi connectivity index (χ2n) is 11.0. The van der Waals surface area contributed by atoms with E-state index in [0.29, 0.717) is 0 Å². The van der Waals surface area contributed by atoms with Crippen molar-refractivity contribution in [1.29, 1.82) is 0 Å². The van der Waals surface area contributed by atoms with E-state index in [-0.39, 0.29) is 5.82 Å². The molecule has 0 atom stereocenters. The average Bonchev–Trinajstić information content (AvgIpc) is 3.02. The highest BCUT2D eigenvalue weighted by atomic mass is 19.1. The highest BCUT2D eigenvalue weighted by Crippen LogP contribution is 2.45. The van der Waals surface area contributed by atoms with E-state index in [1.807, 2.05) is 12.1 Å². The Morgan fingerprint density at radius 2 is 0.878 bits per heavy atom. The van der Waals surface area contributed by atoms with Crippen LogP contribution in [0, 0.1) is 5.82 Å². The van der Waals surface area contributed by atoms with Crippen LogP contribution in [0.4, 0.5) is 4.39 Å². The van der Waals surface area contributed by atoms with Gasteiger partial charge in [-0.15, -0.1) is 0 Å². The van der Waals surface area contributed by atoms with Crippen LogP contribution in [0.15, 0.2) is 140 Å². The Morgan fingerprint density at radius 1 is 0.341 bits per heavy atom. The van der Waals surface area contributed by atoms with E-state index in [1.54, 1.807) is 6.07 Å². The highest BCUT2D eigenvalue weighted by molar-refractivity contribution is 6.29. The third-order valence-corrected chi connectivity index (χ3v) is 8.82. The van der Waals surface area contributed by atoms with Gasteiger partial charge in [-0.05, 0) is 111 Å². The van der Waals surface area contributed by atoms with Gasteiger partial charge in [0, 0.05) is 0 Å². The molecule has 0 saturated carbocycles. The molecule has 190 valence electrons. The van der Waals surface area contributed by atoms with Crippen molar-refractivity contribution in [3.63, 3.8) is 0 Å². The molecule has 0 spiro atoms. The molecule has 0 aromatic heterocycles. The van der Waals surface area contributed by atoms with Gasteiger partial charge in [-0.25, -0.2) is 4.39 Å². The molecule has 0 heterocycles. The predicted molar refractivity (Wildman–Crippen MR) is 173 cm³/mol. The molecule has 0 nitrogen and oxygen atoms in total. The normalized spacial score (nSPS) is 12.0. The van der Waals surface area contributed by atoms with Crippen molar-refractivity contribution in [3.05, 3.63) is 145 Å². The van der Waals surface area contributed by atoms with Crippen LogP contribution in [-0.4, -0.2) is 0 Å². The van der Waals surface area contributed by atoms with Crippen LogP contribution in [0.5, 0.6) is 0 Å². The van der Waals surface area contributed by atoms with Gasteiger partial charge in [0.2, 0.25) is 0 Å². The lowest BCUT2D eigenvalue weighted by molar-refractivity contribution is 0.630. The van der Waals surface area contributed by atoms with Crippen molar-refractivity contribution in [1.82, 2.24) is 0 Å². The fourth-order valence-electron chi connectivity index (χ4n) is 6.96. The smallest absolute Gasteiger partial charge is 0.123 e. The van der Waals surface area contributed by atoms with Crippen LogP contribution in [0.25, 0.3) is 86.9 Å². The molecule has 0 saturated heterocycles. The van der Waals surface area contributed by atoms with Gasteiger partial charge >= 0.3 is 0 Å². The van der Waals surface area contributed by atoms with Crippen molar-refractivity contribution < 1.29 is 4.39 Å². The number of halogens is 1. The minimum atomic E-state index is -0.206. The Morgan fingerprint density at radius 3 is 1.59 bits per heavy atom. The molecular weight excluding hydrogens is 499 g/mol. The Kier molecular flexibility index (Phi) is 4.60. The van der Waals surface area contributed by atoms with Crippen molar-refractivity contribution in [2.75, 3.05) is 0 Å². The van der Waals surface area contributed by atoms with Crippen molar-refractivity contribution in [2.24, 2.45) is 0 Å². The van der Waals surface area contributed by atoms with Gasteiger partial charge in [0.05, 0.1) is 0 Å². The first kappa shape index (κ1) is 22.5. The molecular formula is C40H23F. The van der Waals surface area contributed by atoms with E-state index in [9.17, 15) is 4.39 Å². The van der Waals surface area contributed by atoms with Crippen molar-refractivity contribution in [2.45, 2.75) is 0 Å². The zero-order chi connectivity index (χ0) is 27.1. The van der Waals surface area contributed by atoms with Crippen LogP contribution in [0.3, 0.4) is 0 Å². The first-order valence-corrected chi connectivity index (χ1v) is 14.0. The van der Waals surface area contributed by atoms with Crippen molar-refractivity contribution >= 4 is 64.6 Å². The van der Waals surface area contributed by atoms with Gasteiger partial charge in [0.15, 0.2) is 0 Å². The quantitative estimate of drug-likeness (QED) is 0.156. The third kappa shape index (κ3) is 3.27. The second-order valence-corrected chi connectivity index (χ2v) is 11.0. The summed E-state index contributed by atoms with van der Waals surface area (Å²) >= 11 is 0. The van der Waals surface area contributed by atoms with Gasteiger partial charge in [-0.2, -0.15) is 0 Å². The molecule has 0 amide bonds. The summed E-state index contributed by atoms with van der Waals surface area (Å²) in [7, 11) is 0. The molecule has 9 aromatic carbocycles. The van der Waals surface area contributed by atoms with Gasteiger partial charge in [-0.1, -0.05) is 115 Å². The maximum absolute atomic E-state index is 13.8. The number of hydrogen-bond donors (Lipinski definition) is 0. The SMILES string of the molecule is Fc1ccc2cc(-c3ccc4ccc5c(-c6c7ccccc7cc7ccccc67)ccc6ccc3c4c65)ccc2c1. The summed E-state index contributed by atoms with van der Waals surface area (Å²) in [5, 5.41) is 14.6. The van der Waals surface area contributed by atoms with E-state index >= 15 is 0 Å². The Hall–Kier alpha value is -5.27. The maximum atomic E-state index is 13.8. The third-order valence-electron chi connectivity index (χ3n) is 8.82. The molecule has 0 fully saturated rings. The molecule has 0 unspecified atom stereocenters. The Labute approximate surface area is 236 Å². The standard InChI is InChI=1S/C40H23F/c41-31-16-11-26-21-30(10-9-27(26)23-31)32-17-12-24-14-19-36-37(20-15-25-13-18-35(32)38(24)39(25)36)40-33-7-3-1-5-28(33)22-29-6-2-4-8-34(29)40/h1-23H. The zero-order valence-electron chi connectivity index (χ0n) is 22.2. The lowest BCUT2D eigenvalue weighted by atomic mass is 9.85.